The molecule has 1 aliphatic heterocycles. The van der Waals surface area contributed by atoms with Gasteiger partial charge in [-0.15, -0.1) is 0 Å². The number of anilines is 2. The van der Waals surface area contributed by atoms with Gasteiger partial charge in [0.1, 0.15) is 5.75 Å². The van der Waals surface area contributed by atoms with Crippen LogP contribution in [0.3, 0.4) is 0 Å². The van der Waals surface area contributed by atoms with E-state index in [-0.39, 0.29) is 31.4 Å². The summed E-state index contributed by atoms with van der Waals surface area (Å²) >= 11 is 0. The molecule has 8 heteroatoms. The Morgan fingerprint density at radius 3 is 2.43 bits per heavy atom. The van der Waals surface area contributed by atoms with Crippen LogP contribution in [0.25, 0.3) is 0 Å². The molecule has 2 N–H and O–H groups in total. The molecule has 3 amide bonds. The first-order chi connectivity index (χ1) is 14.5. The fourth-order valence-corrected chi connectivity index (χ4v) is 3.29. The maximum absolute atomic E-state index is 12.3. The zero-order chi connectivity index (χ0) is 21.5. The number of para-hydroxylation sites is 2. The second kappa shape index (κ2) is 9.78. The summed E-state index contributed by atoms with van der Waals surface area (Å²) in [6.45, 7) is 6.05. The molecule has 1 heterocycles. The van der Waals surface area contributed by atoms with Crippen LogP contribution in [0.4, 0.5) is 11.4 Å². The SMILES string of the molecule is CCN(CC)c1ccc(C(=O)NNC(=O)CCN2C(=O)COc3ccccc32)cc1. The van der Waals surface area contributed by atoms with Crippen LogP contribution in [0.5, 0.6) is 5.75 Å². The topological polar surface area (TPSA) is 91.0 Å². The van der Waals surface area contributed by atoms with Gasteiger partial charge in [-0.3, -0.25) is 25.2 Å². The molecule has 0 aromatic heterocycles. The van der Waals surface area contributed by atoms with Crippen molar-refractivity contribution in [2.45, 2.75) is 20.3 Å². The normalized spacial score (nSPS) is 12.6. The van der Waals surface area contributed by atoms with Crippen molar-refractivity contribution in [2.24, 2.45) is 0 Å². The molecule has 0 aliphatic carbocycles. The molecule has 8 nitrogen and oxygen atoms in total. The monoisotopic (exact) mass is 410 g/mol. The van der Waals surface area contributed by atoms with Gasteiger partial charge in [0.25, 0.3) is 11.8 Å². The minimum atomic E-state index is -0.401. The maximum Gasteiger partial charge on any atom is 0.269 e. The lowest BCUT2D eigenvalue weighted by Crippen LogP contribution is -2.44. The number of hydrogen-bond acceptors (Lipinski definition) is 5. The molecule has 0 saturated carbocycles. The first-order valence-corrected chi connectivity index (χ1v) is 9.99. The lowest BCUT2D eigenvalue weighted by atomic mass is 10.2. The fourth-order valence-electron chi connectivity index (χ4n) is 3.29. The molecule has 2 aromatic rings. The summed E-state index contributed by atoms with van der Waals surface area (Å²) in [5, 5.41) is 0. The van der Waals surface area contributed by atoms with Crippen molar-refractivity contribution in [3.63, 3.8) is 0 Å². The molecule has 0 spiro atoms. The number of fused-ring (bicyclic) bond motifs is 1. The van der Waals surface area contributed by atoms with Gasteiger partial charge in [0.15, 0.2) is 6.61 Å². The van der Waals surface area contributed by atoms with Crippen LogP contribution < -0.4 is 25.4 Å². The van der Waals surface area contributed by atoms with Crippen LogP contribution in [-0.4, -0.2) is 44.0 Å². The highest BCUT2D eigenvalue weighted by molar-refractivity contribution is 5.98. The summed E-state index contributed by atoms with van der Waals surface area (Å²) in [5.74, 6) is -0.389. The van der Waals surface area contributed by atoms with Crippen molar-refractivity contribution in [1.29, 1.82) is 0 Å². The maximum atomic E-state index is 12.3. The molecule has 0 unspecified atom stereocenters. The number of benzene rings is 2. The van der Waals surface area contributed by atoms with E-state index in [0.717, 1.165) is 18.8 Å². The molecule has 158 valence electrons. The summed E-state index contributed by atoms with van der Waals surface area (Å²) in [5.41, 5.74) is 6.94. The second-order valence-electron chi connectivity index (χ2n) is 6.77. The van der Waals surface area contributed by atoms with Crippen molar-refractivity contribution in [3.05, 3.63) is 54.1 Å². The quantitative estimate of drug-likeness (QED) is 0.683. The van der Waals surface area contributed by atoms with Crippen molar-refractivity contribution in [3.8, 4) is 5.75 Å². The highest BCUT2D eigenvalue weighted by atomic mass is 16.5. The van der Waals surface area contributed by atoms with Gasteiger partial charge in [-0.2, -0.15) is 0 Å². The summed E-state index contributed by atoms with van der Waals surface area (Å²) in [6.07, 6.45) is 0.0429. The summed E-state index contributed by atoms with van der Waals surface area (Å²) < 4.78 is 5.39. The number of nitrogens with one attached hydrogen (secondary N) is 2. The van der Waals surface area contributed by atoms with E-state index in [2.05, 4.69) is 29.6 Å². The number of rotatable bonds is 7. The van der Waals surface area contributed by atoms with E-state index >= 15 is 0 Å². The Hall–Kier alpha value is -3.55. The predicted octanol–water partition coefficient (Wildman–Crippen LogP) is 2.11. The third kappa shape index (κ3) is 4.89. The minimum absolute atomic E-state index is 0.0429. The summed E-state index contributed by atoms with van der Waals surface area (Å²) in [6, 6.07) is 14.4. The molecule has 0 saturated heterocycles. The van der Waals surface area contributed by atoms with Gasteiger partial charge >= 0.3 is 0 Å². The van der Waals surface area contributed by atoms with E-state index in [9.17, 15) is 14.4 Å². The third-order valence-corrected chi connectivity index (χ3v) is 4.94. The average molecular weight is 410 g/mol. The zero-order valence-corrected chi connectivity index (χ0v) is 17.2. The summed E-state index contributed by atoms with van der Waals surface area (Å²) in [7, 11) is 0. The van der Waals surface area contributed by atoms with E-state index in [1.807, 2.05) is 18.2 Å². The van der Waals surface area contributed by atoms with Gasteiger partial charge in [-0.25, -0.2) is 0 Å². The van der Waals surface area contributed by atoms with E-state index in [4.69, 9.17) is 4.74 Å². The highest BCUT2D eigenvalue weighted by Crippen LogP contribution is 2.31. The Balaban J connectivity index is 1.50. The third-order valence-electron chi connectivity index (χ3n) is 4.94. The van der Waals surface area contributed by atoms with Gasteiger partial charge in [-0.1, -0.05) is 12.1 Å². The molecule has 3 rings (SSSR count). The molecular formula is C22H26N4O4. The molecule has 0 atom stereocenters. The van der Waals surface area contributed by atoms with E-state index < -0.39 is 5.91 Å². The Bertz CT molecular complexity index is 910. The molecule has 0 radical (unpaired) electrons. The molecular weight excluding hydrogens is 384 g/mol. The van der Waals surface area contributed by atoms with Gasteiger partial charge in [-0.05, 0) is 50.2 Å². The lowest BCUT2D eigenvalue weighted by Gasteiger charge is -2.29. The van der Waals surface area contributed by atoms with Crippen molar-refractivity contribution in [1.82, 2.24) is 10.9 Å². The van der Waals surface area contributed by atoms with E-state index in [1.54, 1.807) is 30.3 Å². The highest BCUT2D eigenvalue weighted by Gasteiger charge is 2.25. The van der Waals surface area contributed by atoms with Gasteiger partial charge < -0.3 is 14.5 Å². The van der Waals surface area contributed by atoms with Crippen LogP contribution >= 0.6 is 0 Å². The number of ether oxygens (including phenoxy) is 1. The van der Waals surface area contributed by atoms with Crippen molar-refractivity contribution in [2.75, 3.05) is 36.0 Å². The van der Waals surface area contributed by atoms with Crippen LogP contribution in [0.1, 0.15) is 30.6 Å². The van der Waals surface area contributed by atoms with Crippen LogP contribution in [0.2, 0.25) is 0 Å². The lowest BCUT2D eigenvalue weighted by molar-refractivity contribution is -0.122. The number of carbonyl (C=O) groups is 3. The second-order valence-corrected chi connectivity index (χ2v) is 6.77. The molecule has 30 heavy (non-hydrogen) atoms. The smallest absolute Gasteiger partial charge is 0.269 e. The van der Waals surface area contributed by atoms with Gasteiger partial charge in [0.2, 0.25) is 5.91 Å². The predicted molar refractivity (Wildman–Crippen MR) is 115 cm³/mol. The fraction of sp³-hybridized carbons (Fsp3) is 0.318. The Morgan fingerprint density at radius 2 is 1.73 bits per heavy atom. The Morgan fingerprint density at radius 1 is 1.03 bits per heavy atom. The standard InChI is InChI=1S/C22H26N4O4/c1-3-25(4-2)17-11-9-16(10-12-17)22(29)24-23-20(27)13-14-26-18-7-5-6-8-19(18)30-15-21(26)28/h5-12H,3-4,13-15H2,1-2H3,(H,23,27)(H,24,29). The molecule has 0 fully saturated rings. The first-order valence-electron chi connectivity index (χ1n) is 9.99. The van der Waals surface area contributed by atoms with Crippen LogP contribution in [-0.2, 0) is 9.59 Å². The number of hydrogen-bond donors (Lipinski definition) is 2. The van der Waals surface area contributed by atoms with E-state index in [0.29, 0.717) is 17.0 Å². The van der Waals surface area contributed by atoms with Crippen LogP contribution in [0, 0.1) is 0 Å². The Labute approximate surface area is 175 Å². The van der Waals surface area contributed by atoms with Crippen LogP contribution in [0.15, 0.2) is 48.5 Å². The molecule has 0 bridgehead atoms. The van der Waals surface area contributed by atoms with Crippen molar-refractivity contribution >= 4 is 29.1 Å². The molecule has 2 aromatic carbocycles. The number of carbonyl (C=O) groups excluding carboxylic acids is 3. The Kier molecular flexibility index (Phi) is 6.90. The van der Waals surface area contributed by atoms with Gasteiger partial charge in [0.05, 0.1) is 5.69 Å². The van der Waals surface area contributed by atoms with Gasteiger partial charge in [0, 0.05) is 37.3 Å². The number of nitrogens with zero attached hydrogens (tertiary/aromatic N) is 2. The molecule has 1 aliphatic rings. The minimum Gasteiger partial charge on any atom is -0.482 e. The largest absolute Gasteiger partial charge is 0.482 e. The van der Waals surface area contributed by atoms with E-state index in [1.165, 1.54) is 4.90 Å². The average Bonchev–Trinajstić information content (AvgIpc) is 2.78. The zero-order valence-electron chi connectivity index (χ0n) is 17.2. The first kappa shape index (κ1) is 21.2. The number of amides is 3. The number of hydrazine groups is 1. The summed E-state index contributed by atoms with van der Waals surface area (Å²) in [4.78, 5) is 40.3. The van der Waals surface area contributed by atoms with Crippen molar-refractivity contribution < 1.29 is 19.1 Å².